The van der Waals surface area contributed by atoms with Crippen molar-refractivity contribution in [1.82, 2.24) is 20.4 Å². The first kappa shape index (κ1) is 9.85. The van der Waals surface area contributed by atoms with Crippen LogP contribution >= 0.6 is 0 Å². The number of imide groups is 1. The molecule has 6 nitrogen and oxygen atoms in total. The standard InChI is InChI=1S/C9H12N4O2/c1-13-3-2-6(12-13)5-10-7-4-8(14)11-9(7)15/h2-3,7,10H,4-5H2,1H3,(H,11,14,15)/t7-/m0/s1. The highest BCUT2D eigenvalue weighted by molar-refractivity contribution is 6.05. The first-order valence-corrected chi connectivity index (χ1v) is 4.71. The van der Waals surface area contributed by atoms with Gasteiger partial charge in [0.05, 0.1) is 18.2 Å². The van der Waals surface area contributed by atoms with Gasteiger partial charge in [-0.2, -0.15) is 5.10 Å². The maximum atomic E-state index is 11.2. The van der Waals surface area contributed by atoms with E-state index in [1.165, 1.54) is 0 Å². The van der Waals surface area contributed by atoms with E-state index < -0.39 is 6.04 Å². The SMILES string of the molecule is Cn1ccc(CN[C@H]2CC(=O)NC2=O)n1. The van der Waals surface area contributed by atoms with Crippen LogP contribution in [0.1, 0.15) is 12.1 Å². The van der Waals surface area contributed by atoms with Gasteiger partial charge in [0.25, 0.3) is 0 Å². The van der Waals surface area contributed by atoms with Gasteiger partial charge in [0.2, 0.25) is 11.8 Å². The maximum absolute atomic E-state index is 11.2. The van der Waals surface area contributed by atoms with Crippen molar-refractivity contribution in [3.8, 4) is 0 Å². The van der Waals surface area contributed by atoms with Gasteiger partial charge in [0, 0.05) is 19.8 Å². The summed E-state index contributed by atoms with van der Waals surface area (Å²) in [5.41, 5.74) is 0.852. The summed E-state index contributed by atoms with van der Waals surface area (Å²) in [5, 5.41) is 9.38. The molecule has 0 spiro atoms. The maximum Gasteiger partial charge on any atom is 0.244 e. The van der Waals surface area contributed by atoms with E-state index in [0.717, 1.165) is 5.69 Å². The zero-order valence-corrected chi connectivity index (χ0v) is 8.36. The van der Waals surface area contributed by atoms with Crippen molar-refractivity contribution in [2.24, 2.45) is 7.05 Å². The molecule has 0 radical (unpaired) electrons. The Labute approximate surface area is 86.6 Å². The number of nitrogens with one attached hydrogen (secondary N) is 2. The molecule has 0 aromatic carbocycles. The lowest BCUT2D eigenvalue weighted by molar-refractivity contribution is -0.125. The average Bonchev–Trinajstić information content (AvgIpc) is 2.70. The molecule has 1 aliphatic rings. The van der Waals surface area contributed by atoms with Gasteiger partial charge in [-0.05, 0) is 6.07 Å². The van der Waals surface area contributed by atoms with Crippen molar-refractivity contribution >= 4 is 11.8 Å². The lowest BCUT2D eigenvalue weighted by Gasteiger charge is -2.06. The Balaban J connectivity index is 1.88. The molecule has 1 aromatic rings. The van der Waals surface area contributed by atoms with Gasteiger partial charge >= 0.3 is 0 Å². The highest BCUT2D eigenvalue weighted by Gasteiger charge is 2.29. The molecule has 0 saturated carbocycles. The number of aromatic nitrogens is 2. The van der Waals surface area contributed by atoms with Crippen LogP contribution in [0.25, 0.3) is 0 Å². The van der Waals surface area contributed by atoms with Crippen LogP contribution in [0.5, 0.6) is 0 Å². The molecule has 15 heavy (non-hydrogen) atoms. The smallest absolute Gasteiger partial charge is 0.244 e. The minimum absolute atomic E-state index is 0.214. The Hall–Kier alpha value is -1.69. The summed E-state index contributed by atoms with van der Waals surface area (Å²) in [6.07, 6.45) is 2.04. The Bertz CT molecular complexity index is 399. The molecule has 1 saturated heterocycles. The van der Waals surface area contributed by atoms with E-state index in [2.05, 4.69) is 15.7 Å². The molecule has 1 fully saturated rings. The zero-order chi connectivity index (χ0) is 10.8. The minimum atomic E-state index is -0.417. The molecule has 2 N–H and O–H groups in total. The Kier molecular flexibility index (Phi) is 2.51. The summed E-state index contributed by atoms with van der Waals surface area (Å²) < 4.78 is 1.69. The van der Waals surface area contributed by atoms with Gasteiger partial charge in [-0.1, -0.05) is 0 Å². The van der Waals surface area contributed by atoms with Crippen LogP contribution in [0.15, 0.2) is 12.3 Å². The molecule has 1 atom stereocenters. The van der Waals surface area contributed by atoms with E-state index in [1.807, 2.05) is 19.3 Å². The zero-order valence-electron chi connectivity index (χ0n) is 8.36. The summed E-state index contributed by atoms with van der Waals surface area (Å²) >= 11 is 0. The fraction of sp³-hybridized carbons (Fsp3) is 0.444. The summed E-state index contributed by atoms with van der Waals surface area (Å²) in [6, 6.07) is 1.45. The van der Waals surface area contributed by atoms with Crippen LogP contribution in [0, 0.1) is 0 Å². The molecule has 6 heteroatoms. The number of amides is 2. The third-order valence-electron chi connectivity index (χ3n) is 2.27. The minimum Gasteiger partial charge on any atom is -0.300 e. The Morgan fingerprint density at radius 1 is 1.67 bits per heavy atom. The molecule has 1 aromatic heterocycles. The molecule has 2 amide bonds. The van der Waals surface area contributed by atoms with E-state index >= 15 is 0 Å². The normalized spacial score (nSPS) is 20.7. The number of carbonyl (C=O) groups excluding carboxylic acids is 2. The van der Waals surface area contributed by atoms with E-state index in [1.54, 1.807) is 4.68 Å². The highest BCUT2D eigenvalue weighted by Crippen LogP contribution is 2.02. The van der Waals surface area contributed by atoms with Crippen LogP contribution in [-0.4, -0.2) is 27.6 Å². The van der Waals surface area contributed by atoms with Crippen molar-refractivity contribution in [2.75, 3.05) is 0 Å². The predicted octanol–water partition coefficient (Wildman–Crippen LogP) is -1.08. The molecule has 2 rings (SSSR count). The lowest BCUT2D eigenvalue weighted by atomic mass is 10.2. The largest absolute Gasteiger partial charge is 0.300 e. The summed E-state index contributed by atoms with van der Waals surface area (Å²) in [5.74, 6) is -0.477. The first-order valence-electron chi connectivity index (χ1n) is 4.71. The predicted molar refractivity (Wildman–Crippen MR) is 51.6 cm³/mol. The fourth-order valence-electron chi connectivity index (χ4n) is 1.50. The van der Waals surface area contributed by atoms with Gasteiger partial charge in [-0.25, -0.2) is 0 Å². The average molecular weight is 208 g/mol. The molecule has 80 valence electrons. The van der Waals surface area contributed by atoms with E-state index in [0.29, 0.717) is 6.54 Å². The quantitative estimate of drug-likeness (QED) is 0.620. The lowest BCUT2D eigenvalue weighted by Crippen LogP contribution is -2.35. The second-order valence-electron chi connectivity index (χ2n) is 3.53. The fourth-order valence-corrected chi connectivity index (χ4v) is 1.50. The second kappa shape index (κ2) is 3.82. The van der Waals surface area contributed by atoms with Crippen molar-refractivity contribution < 1.29 is 9.59 Å². The van der Waals surface area contributed by atoms with Crippen LogP contribution in [0.4, 0.5) is 0 Å². The topological polar surface area (TPSA) is 76.0 Å². The Morgan fingerprint density at radius 3 is 3.00 bits per heavy atom. The summed E-state index contributed by atoms with van der Waals surface area (Å²) in [6.45, 7) is 0.492. The van der Waals surface area contributed by atoms with Gasteiger partial charge in [0.15, 0.2) is 0 Å². The van der Waals surface area contributed by atoms with Crippen LogP contribution < -0.4 is 10.6 Å². The second-order valence-corrected chi connectivity index (χ2v) is 3.53. The number of carbonyl (C=O) groups is 2. The first-order chi connectivity index (χ1) is 7.15. The molecule has 1 aliphatic heterocycles. The molecule has 0 unspecified atom stereocenters. The molecular weight excluding hydrogens is 196 g/mol. The summed E-state index contributed by atoms with van der Waals surface area (Å²) in [7, 11) is 1.83. The van der Waals surface area contributed by atoms with Crippen molar-refractivity contribution in [1.29, 1.82) is 0 Å². The number of rotatable bonds is 3. The summed E-state index contributed by atoms with van der Waals surface area (Å²) in [4.78, 5) is 22.1. The number of hydrogen-bond acceptors (Lipinski definition) is 4. The van der Waals surface area contributed by atoms with Crippen molar-refractivity contribution in [3.63, 3.8) is 0 Å². The van der Waals surface area contributed by atoms with Gasteiger partial charge in [-0.15, -0.1) is 0 Å². The van der Waals surface area contributed by atoms with Gasteiger partial charge in [0.1, 0.15) is 0 Å². The number of aryl methyl sites for hydroxylation is 1. The van der Waals surface area contributed by atoms with Crippen molar-refractivity contribution in [3.05, 3.63) is 18.0 Å². The molecule has 2 heterocycles. The number of hydrogen-bond donors (Lipinski definition) is 2. The van der Waals surface area contributed by atoms with Crippen LogP contribution in [0.2, 0.25) is 0 Å². The van der Waals surface area contributed by atoms with E-state index in [-0.39, 0.29) is 18.2 Å². The number of nitrogens with zero attached hydrogens (tertiary/aromatic N) is 2. The Morgan fingerprint density at radius 2 is 2.47 bits per heavy atom. The van der Waals surface area contributed by atoms with Gasteiger partial charge in [-0.3, -0.25) is 24.9 Å². The van der Waals surface area contributed by atoms with Crippen LogP contribution in [0.3, 0.4) is 0 Å². The highest BCUT2D eigenvalue weighted by atomic mass is 16.2. The van der Waals surface area contributed by atoms with E-state index in [9.17, 15) is 9.59 Å². The van der Waals surface area contributed by atoms with Crippen molar-refractivity contribution in [2.45, 2.75) is 19.0 Å². The third kappa shape index (κ3) is 2.21. The monoisotopic (exact) mass is 208 g/mol. The van der Waals surface area contributed by atoms with Crippen LogP contribution in [-0.2, 0) is 23.2 Å². The third-order valence-corrected chi connectivity index (χ3v) is 2.27. The molecule has 0 bridgehead atoms. The molecular formula is C9H12N4O2. The van der Waals surface area contributed by atoms with E-state index in [4.69, 9.17) is 0 Å². The molecule has 0 aliphatic carbocycles. The van der Waals surface area contributed by atoms with Gasteiger partial charge < -0.3 is 0 Å².